The van der Waals surface area contributed by atoms with E-state index in [0.29, 0.717) is 17.7 Å². The Kier molecular flexibility index (Phi) is 6.06. The van der Waals surface area contributed by atoms with E-state index < -0.39 is 42.0 Å². The van der Waals surface area contributed by atoms with E-state index in [1.807, 2.05) is 13.0 Å². The summed E-state index contributed by atoms with van der Waals surface area (Å²) >= 11 is 0. The number of nitriles is 1. The monoisotopic (exact) mass is 412 g/mol. The van der Waals surface area contributed by atoms with Crippen molar-refractivity contribution in [3.05, 3.63) is 29.8 Å². The molecule has 2 N–H and O–H groups in total. The zero-order valence-electron chi connectivity index (χ0n) is 16.9. The van der Waals surface area contributed by atoms with E-state index in [4.69, 9.17) is 10.00 Å². The lowest BCUT2D eigenvalue weighted by Gasteiger charge is -2.36. The van der Waals surface area contributed by atoms with Crippen molar-refractivity contribution in [2.75, 3.05) is 11.9 Å². The quantitative estimate of drug-likeness (QED) is 0.562. The standard InChI is InChI=1S/C21H24N4O5/c1-13-5-3-4-10-21(13)19(28)25(20(29)24-21)12-17(26)30-14(2)18(27)23-16-8-6-15(11-22)7-9-16/h6-9,13-14H,3-5,10,12H2,1-2H3,(H,23,27)(H,24,29)/t13-,14+,21-/m1/s1. The van der Waals surface area contributed by atoms with Crippen LogP contribution in [0.25, 0.3) is 0 Å². The Balaban J connectivity index is 1.56. The lowest BCUT2D eigenvalue weighted by Crippen LogP contribution is -2.54. The van der Waals surface area contributed by atoms with Gasteiger partial charge in [-0.1, -0.05) is 19.8 Å². The molecular weight excluding hydrogens is 388 g/mol. The van der Waals surface area contributed by atoms with Crippen molar-refractivity contribution in [2.24, 2.45) is 5.92 Å². The van der Waals surface area contributed by atoms with E-state index in [2.05, 4.69) is 10.6 Å². The molecule has 0 unspecified atom stereocenters. The molecular formula is C21H24N4O5. The molecule has 9 nitrogen and oxygen atoms in total. The molecule has 1 spiro atoms. The highest BCUT2D eigenvalue weighted by atomic mass is 16.5. The normalized spacial score (nSPS) is 24.2. The van der Waals surface area contributed by atoms with Gasteiger partial charge in [0.2, 0.25) is 0 Å². The highest BCUT2D eigenvalue weighted by Crippen LogP contribution is 2.38. The first-order valence-corrected chi connectivity index (χ1v) is 9.91. The van der Waals surface area contributed by atoms with Crippen LogP contribution in [0.4, 0.5) is 10.5 Å². The zero-order valence-corrected chi connectivity index (χ0v) is 16.9. The molecule has 3 rings (SSSR count). The Bertz CT molecular complexity index is 907. The number of carbonyl (C=O) groups is 4. The van der Waals surface area contributed by atoms with Gasteiger partial charge in [0.25, 0.3) is 11.8 Å². The minimum absolute atomic E-state index is 0.0131. The lowest BCUT2D eigenvalue weighted by atomic mass is 9.73. The van der Waals surface area contributed by atoms with Gasteiger partial charge in [-0.15, -0.1) is 0 Å². The molecule has 2 fully saturated rings. The SMILES string of the molecule is C[C@H](OC(=O)CN1C(=O)N[C@@]2(CCCC[C@H]2C)C1=O)C(=O)Nc1ccc(C#N)cc1. The Hall–Kier alpha value is -3.41. The van der Waals surface area contributed by atoms with Crippen LogP contribution in [-0.4, -0.2) is 46.9 Å². The maximum atomic E-state index is 12.9. The van der Waals surface area contributed by atoms with Crippen molar-refractivity contribution < 1.29 is 23.9 Å². The molecule has 9 heteroatoms. The van der Waals surface area contributed by atoms with Crippen LogP contribution in [0.1, 0.15) is 45.1 Å². The molecule has 4 amide bonds. The Labute approximate surface area is 174 Å². The lowest BCUT2D eigenvalue weighted by molar-refractivity contribution is -0.155. The summed E-state index contributed by atoms with van der Waals surface area (Å²) in [5, 5.41) is 14.1. The summed E-state index contributed by atoms with van der Waals surface area (Å²) in [7, 11) is 0. The topological polar surface area (TPSA) is 129 Å². The molecule has 0 aromatic heterocycles. The van der Waals surface area contributed by atoms with Gasteiger partial charge in [0.1, 0.15) is 12.1 Å². The van der Waals surface area contributed by atoms with Gasteiger partial charge in [-0.3, -0.25) is 19.3 Å². The summed E-state index contributed by atoms with van der Waals surface area (Å²) in [4.78, 5) is 50.6. The minimum Gasteiger partial charge on any atom is -0.451 e. The number of hydrogen-bond donors (Lipinski definition) is 2. The zero-order chi connectivity index (χ0) is 21.9. The predicted molar refractivity (Wildman–Crippen MR) is 106 cm³/mol. The average molecular weight is 412 g/mol. The summed E-state index contributed by atoms with van der Waals surface area (Å²) in [5.74, 6) is -1.84. The van der Waals surface area contributed by atoms with E-state index in [9.17, 15) is 19.2 Å². The van der Waals surface area contributed by atoms with Crippen molar-refractivity contribution in [3.8, 4) is 6.07 Å². The number of nitrogens with one attached hydrogen (secondary N) is 2. The number of urea groups is 1. The summed E-state index contributed by atoms with van der Waals surface area (Å²) in [5.41, 5.74) is -0.0518. The van der Waals surface area contributed by atoms with Gasteiger partial charge in [-0.05, 0) is 49.9 Å². The van der Waals surface area contributed by atoms with E-state index in [-0.39, 0.29) is 5.92 Å². The number of hydrogen-bond acceptors (Lipinski definition) is 6. The highest BCUT2D eigenvalue weighted by Gasteiger charge is 2.55. The predicted octanol–water partition coefficient (Wildman–Crippen LogP) is 1.93. The van der Waals surface area contributed by atoms with Crippen LogP contribution in [0.5, 0.6) is 0 Å². The first-order chi connectivity index (χ1) is 14.3. The van der Waals surface area contributed by atoms with Crippen molar-refractivity contribution in [1.29, 1.82) is 5.26 Å². The molecule has 1 saturated carbocycles. The van der Waals surface area contributed by atoms with Gasteiger partial charge in [-0.2, -0.15) is 5.26 Å². The fourth-order valence-corrected chi connectivity index (χ4v) is 3.93. The summed E-state index contributed by atoms with van der Waals surface area (Å²) < 4.78 is 5.11. The molecule has 0 bridgehead atoms. The average Bonchev–Trinajstić information content (AvgIpc) is 2.95. The van der Waals surface area contributed by atoms with Crippen LogP contribution in [0.2, 0.25) is 0 Å². The van der Waals surface area contributed by atoms with Crippen LogP contribution in [0.3, 0.4) is 0 Å². The van der Waals surface area contributed by atoms with Gasteiger partial charge in [0.15, 0.2) is 6.10 Å². The van der Waals surface area contributed by atoms with Crippen molar-refractivity contribution >= 4 is 29.5 Å². The van der Waals surface area contributed by atoms with E-state index >= 15 is 0 Å². The van der Waals surface area contributed by atoms with Crippen LogP contribution in [0.15, 0.2) is 24.3 Å². The molecule has 1 aromatic rings. The number of imide groups is 1. The number of rotatable bonds is 5. The first kappa shape index (κ1) is 21.3. The number of ether oxygens (including phenoxy) is 1. The third kappa shape index (κ3) is 4.13. The smallest absolute Gasteiger partial charge is 0.327 e. The fraction of sp³-hybridized carbons (Fsp3) is 0.476. The second-order valence-electron chi connectivity index (χ2n) is 7.75. The Morgan fingerprint density at radius 3 is 2.67 bits per heavy atom. The highest BCUT2D eigenvalue weighted by molar-refractivity contribution is 6.09. The van der Waals surface area contributed by atoms with E-state index in [1.165, 1.54) is 6.92 Å². The molecule has 2 aliphatic rings. The largest absolute Gasteiger partial charge is 0.451 e. The van der Waals surface area contributed by atoms with Gasteiger partial charge in [-0.25, -0.2) is 4.79 Å². The number of anilines is 1. The second-order valence-corrected chi connectivity index (χ2v) is 7.75. The molecule has 1 heterocycles. The van der Waals surface area contributed by atoms with Crippen LogP contribution in [0, 0.1) is 17.2 Å². The molecule has 1 aromatic carbocycles. The number of amides is 4. The minimum atomic E-state index is -1.13. The van der Waals surface area contributed by atoms with Crippen molar-refractivity contribution in [3.63, 3.8) is 0 Å². The molecule has 30 heavy (non-hydrogen) atoms. The molecule has 158 valence electrons. The fourth-order valence-electron chi connectivity index (χ4n) is 3.93. The maximum absolute atomic E-state index is 12.9. The number of esters is 1. The Morgan fingerprint density at radius 2 is 2.03 bits per heavy atom. The van der Waals surface area contributed by atoms with Gasteiger partial charge < -0.3 is 15.4 Å². The number of nitrogens with zero attached hydrogens (tertiary/aromatic N) is 2. The summed E-state index contributed by atoms with van der Waals surface area (Å²) in [6.07, 6.45) is 2.09. The van der Waals surface area contributed by atoms with Crippen LogP contribution >= 0.6 is 0 Å². The molecule has 1 aliphatic heterocycles. The number of benzene rings is 1. The summed E-state index contributed by atoms with van der Waals surface area (Å²) in [6, 6.07) is 7.58. The number of carbonyl (C=O) groups excluding carboxylic acids is 4. The second kappa shape index (κ2) is 8.53. The van der Waals surface area contributed by atoms with Crippen molar-refractivity contribution in [2.45, 2.75) is 51.2 Å². The van der Waals surface area contributed by atoms with Gasteiger partial charge in [0.05, 0.1) is 11.6 Å². The molecule has 3 atom stereocenters. The molecule has 1 saturated heterocycles. The van der Waals surface area contributed by atoms with Crippen LogP contribution < -0.4 is 10.6 Å². The van der Waals surface area contributed by atoms with E-state index in [0.717, 1.165) is 24.2 Å². The first-order valence-electron chi connectivity index (χ1n) is 9.91. The van der Waals surface area contributed by atoms with Gasteiger partial charge >= 0.3 is 12.0 Å². The molecule has 0 radical (unpaired) electrons. The van der Waals surface area contributed by atoms with E-state index in [1.54, 1.807) is 24.3 Å². The van der Waals surface area contributed by atoms with Gasteiger partial charge in [0, 0.05) is 5.69 Å². The third-order valence-corrected chi connectivity index (χ3v) is 5.75. The van der Waals surface area contributed by atoms with Crippen LogP contribution in [-0.2, 0) is 19.1 Å². The summed E-state index contributed by atoms with van der Waals surface area (Å²) in [6.45, 7) is 2.77. The molecule has 1 aliphatic carbocycles. The van der Waals surface area contributed by atoms with Crippen molar-refractivity contribution in [1.82, 2.24) is 10.2 Å². The Morgan fingerprint density at radius 1 is 1.33 bits per heavy atom. The third-order valence-electron chi connectivity index (χ3n) is 5.75. The maximum Gasteiger partial charge on any atom is 0.327 e.